The zero-order chi connectivity index (χ0) is 11.7. The van der Waals surface area contributed by atoms with Gasteiger partial charge in [0, 0.05) is 5.56 Å². The number of carbonyl (C=O) groups is 1. The molecular weight excluding hydrogens is 265 g/mol. The molecule has 0 fully saturated rings. The van der Waals surface area contributed by atoms with Gasteiger partial charge >= 0.3 is 5.97 Å². The van der Waals surface area contributed by atoms with Crippen LogP contribution in [0.5, 0.6) is 0 Å². The Hall–Kier alpha value is -1.52. The lowest BCUT2D eigenvalue weighted by molar-refractivity contribution is 0.0696. The Morgan fingerprint density at radius 3 is 2.65 bits per heavy atom. The maximum Gasteiger partial charge on any atom is 0.341 e. The van der Waals surface area contributed by atoms with Crippen LogP contribution in [-0.2, 0) is 0 Å². The molecule has 1 aromatic heterocycles. The number of hydrogen-bond donors (Lipinski definition) is 1. The molecule has 90 valence electrons. The van der Waals surface area contributed by atoms with E-state index in [0.29, 0.717) is 10.6 Å². The summed E-state index contributed by atoms with van der Waals surface area (Å²) in [5.74, 6) is -0.809. The summed E-state index contributed by atoms with van der Waals surface area (Å²) < 4.78 is 4.88. The van der Waals surface area contributed by atoms with E-state index < -0.39 is 5.97 Å². The van der Waals surface area contributed by atoms with Crippen LogP contribution in [0.3, 0.4) is 0 Å². The van der Waals surface area contributed by atoms with E-state index in [0.717, 1.165) is 0 Å². The molecule has 2 rings (SSSR count). The maximum atomic E-state index is 11.0. The molecule has 0 spiro atoms. The van der Waals surface area contributed by atoms with Gasteiger partial charge in [0.1, 0.15) is 17.0 Å². The molecule has 17 heavy (non-hydrogen) atoms. The smallest absolute Gasteiger partial charge is 0.341 e. The summed E-state index contributed by atoms with van der Waals surface area (Å²) in [6.45, 7) is 1.55. The second-order valence-electron chi connectivity index (χ2n) is 3.25. The maximum absolute atomic E-state index is 11.0. The summed E-state index contributed by atoms with van der Waals surface area (Å²) in [4.78, 5) is 11.0. The lowest BCUT2D eigenvalue weighted by Crippen LogP contribution is -1.99. The zero-order valence-electron chi connectivity index (χ0n) is 8.81. The van der Waals surface area contributed by atoms with Gasteiger partial charge in [-0.25, -0.2) is 4.79 Å². The molecule has 0 aliphatic rings. The number of nitrogens with zero attached hydrogens (tertiary/aromatic N) is 1. The Labute approximate surface area is 109 Å². The molecule has 1 N–H and O–H groups in total. The third kappa shape index (κ3) is 2.43. The van der Waals surface area contributed by atoms with Crippen LogP contribution in [0.4, 0.5) is 0 Å². The fraction of sp³-hybridized carbons (Fsp3) is 0.0909. The second-order valence-corrected chi connectivity index (χ2v) is 3.65. The molecule has 6 heteroatoms. The Bertz CT molecular complexity index is 551. The SMILES string of the molecule is Cc1onc(-c2ccccc2Cl)c1C(=O)O.Cl. The Morgan fingerprint density at radius 1 is 1.41 bits per heavy atom. The zero-order valence-corrected chi connectivity index (χ0v) is 10.4. The van der Waals surface area contributed by atoms with E-state index in [1.807, 2.05) is 0 Å². The average Bonchev–Trinajstić information content (AvgIpc) is 2.61. The first-order valence-corrected chi connectivity index (χ1v) is 4.93. The Balaban J connectivity index is 0.00000144. The average molecular weight is 274 g/mol. The summed E-state index contributed by atoms with van der Waals surface area (Å²) in [6, 6.07) is 6.90. The molecule has 0 bridgehead atoms. The van der Waals surface area contributed by atoms with Gasteiger partial charge in [-0.05, 0) is 13.0 Å². The molecule has 0 unspecified atom stereocenters. The quantitative estimate of drug-likeness (QED) is 0.911. The number of carboxylic acid groups (broad SMARTS) is 1. The van der Waals surface area contributed by atoms with E-state index in [4.69, 9.17) is 21.2 Å². The molecule has 4 nitrogen and oxygen atoms in total. The van der Waals surface area contributed by atoms with Crippen LogP contribution in [0, 0.1) is 6.92 Å². The highest BCUT2D eigenvalue weighted by atomic mass is 35.5. The van der Waals surface area contributed by atoms with Crippen molar-refractivity contribution in [2.24, 2.45) is 0 Å². The number of aromatic nitrogens is 1. The number of aryl methyl sites for hydroxylation is 1. The molecule has 0 aliphatic carbocycles. The minimum atomic E-state index is -1.08. The fourth-order valence-electron chi connectivity index (χ4n) is 1.46. The third-order valence-corrected chi connectivity index (χ3v) is 2.54. The number of halogens is 2. The van der Waals surface area contributed by atoms with Crippen LogP contribution < -0.4 is 0 Å². The lowest BCUT2D eigenvalue weighted by Gasteiger charge is -2.00. The monoisotopic (exact) mass is 273 g/mol. The van der Waals surface area contributed by atoms with Crippen molar-refractivity contribution in [2.75, 3.05) is 0 Å². The highest BCUT2D eigenvalue weighted by molar-refractivity contribution is 6.33. The predicted octanol–water partition coefficient (Wildman–Crippen LogP) is 3.42. The highest BCUT2D eigenvalue weighted by Gasteiger charge is 2.21. The highest BCUT2D eigenvalue weighted by Crippen LogP contribution is 2.30. The Morgan fingerprint density at radius 2 is 2.06 bits per heavy atom. The van der Waals surface area contributed by atoms with E-state index in [1.165, 1.54) is 0 Å². The van der Waals surface area contributed by atoms with E-state index in [2.05, 4.69) is 5.16 Å². The van der Waals surface area contributed by atoms with E-state index in [-0.39, 0.29) is 29.4 Å². The van der Waals surface area contributed by atoms with E-state index in [9.17, 15) is 4.79 Å². The van der Waals surface area contributed by atoms with Gasteiger partial charge < -0.3 is 9.63 Å². The van der Waals surface area contributed by atoms with Crippen molar-refractivity contribution in [2.45, 2.75) is 6.92 Å². The van der Waals surface area contributed by atoms with Gasteiger partial charge in [0.15, 0.2) is 0 Å². The van der Waals surface area contributed by atoms with Gasteiger partial charge in [-0.1, -0.05) is 35.0 Å². The number of hydrogen-bond acceptors (Lipinski definition) is 3. The van der Waals surface area contributed by atoms with Crippen molar-refractivity contribution >= 4 is 30.0 Å². The normalized spacial score (nSPS) is 9.76. The van der Waals surface area contributed by atoms with Gasteiger partial charge in [0.2, 0.25) is 0 Å². The standard InChI is InChI=1S/C11H8ClNO3.ClH/c1-6-9(11(14)15)10(13-16-6)7-4-2-3-5-8(7)12;/h2-5H,1H3,(H,14,15);1H. The van der Waals surface area contributed by atoms with E-state index in [1.54, 1.807) is 31.2 Å². The van der Waals surface area contributed by atoms with Crippen molar-refractivity contribution < 1.29 is 14.4 Å². The molecular formula is C11H9Cl2NO3. The first-order chi connectivity index (χ1) is 7.61. The number of aromatic carboxylic acids is 1. The lowest BCUT2D eigenvalue weighted by atomic mass is 10.1. The minimum absolute atomic E-state index is 0. The van der Waals surface area contributed by atoms with Crippen LogP contribution in [-0.4, -0.2) is 16.2 Å². The van der Waals surface area contributed by atoms with Gasteiger partial charge in [-0.2, -0.15) is 0 Å². The summed E-state index contributed by atoms with van der Waals surface area (Å²) in [5, 5.41) is 13.2. The van der Waals surface area contributed by atoms with Crippen LogP contribution in [0.25, 0.3) is 11.3 Å². The molecule has 1 aromatic carbocycles. The Kier molecular flexibility index (Phi) is 4.15. The van der Waals surface area contributed by atoms with Gasteiger partial charge in [-0.3, -0.25) is 0 Å². The van der Waals surface area contributed by atoms with Crippen LogP contribution >= 0.6 is 24.0 Å². The van der Waals surface area contributed by atoms with Crippen molar-refractivity contribution in [1.29, 1.82) is 0 Å². The molecule has 0 saturated carbocycles. The van der Waals surface area contributed by atoms with Gasteiger partial charge in [0.25, 0.3) is 0 Å². The first kappa shape index (κ1) is 13.5. The minimum Gasteiger partial charge on any atom is -0.477 e. The molecule has 0 atom stereocenters. The summed E-state index contributed by atoms with van der Waals surface area (Å²) >= 11 is 5.97. The van der Waals surface area contributed by atoms with Crippen molar-refractivity contribution in [1.82, 2.24) is 5.16 Å². The fourth-order valence-corrected chi connectivity index (χ4v) is 1.69. The van der Waals surface area contributed by atoms with Crippen molar-refractivity contribution in [3.63, 3.8) is 0 Å². The van der Waals surface area contributed by atoms with Crippen LogP contribution in [0.15, 0.2) is 28.8 Å². The molecule has 2 aromatic rings. The van der Waals surface area contributed by atoms with E-state index >= 15 is 0 Å². The summed E-state index contributed by atoms with van der Waals surface area (Å²) in [6.07, 6.45) is 0. The van der Waals surface area contributed by atoms with Crippen LogP contribution in [0.2, 0.25) is 5.02 Å². The number of benzene rings is 1. The van der Waals surface area contributed by atoms with Gasteiger partial charge in [-0.15, -0.1) is 12.4 Å². The molecule has 0 saturated heterocycles. The van der Waals surface area contributed by atoms with Crippen molar-refractivity contribution in [3.05, 3.63) is 40.6 Å². The molecule has 0 aliphatic heterocycles. The number of rotatable bonds is 2. The third-order valence-electron chi connectivity index (χ3n) is 2.21. The summed E-state index contributed by atoms with van der Waals surface area (Å²) in [5.41, 5.74) is 0.863. The molecule has 1 heterocycles. The summed E-state index contributed by atoms with van der Waals surface area (Å²) in [7, 11) is 0. The first-order valence-electron chi connectivity index (χ1n) is 4.55. The van der Waals surface area contributed by atoms with Gasteiger partial charge in [0.05, 0.1) is 5.02 Å². The largest absolute Gasteiger partial charge is 0.477 e. The van der Waals surface area contributed by atoms with Crippen molar-refractivity contribution in [3.8, 4) is 11.3 Å². The number of carboxylic acids is 1. The second kappa shape index (κ2) is 5.21. The predicted molar refractivity (Wildman–Crippen MR) is 65.9 cm³/mol. The molecule has 0 amide bonds. The topological polar surface area (TPSA) is 63.3 Å². The molecule has 0 radical (unpaired) electrons. The van der Waals surface area contributed by atoms with Crippen LogP contribution in [0.1, 0.15) is 16.1 Å².